The monoisotopic (exact) mass is 659 g/mol. The number of thioether (sulfide) groups is 1. The predicted molar refractivity (Wildman–Crippen MR) is 171 cm³/mol. The van der Waals surface area contributed by atoms with E-state index >= 15 is 0 Å². The molecule has 1 fully saturated rings. The molecule has 3 aromatic carbocycles. The number of carbonyl (C=O) groups is 2. The van der Waals surface area contributed by atoms with E-state index < -0.39 is 11.7 Å². The number of carbonyl (C=O) groups excluding carboxylic acids is 2. The number of halogens is 3. The highest BCUT2D eigenvalue weighted by molar-refractivity contribution is 8.00. The molecule has 2 heterocycles. The molecule has 0 amide bonds. The van der Waals surface area contributed by atoms with Gasteiger partial charge >= 0.3 is 18.1 Å². The predicted octanol–water partition coefficient (Wildman–Crippen LogP) is 6.97. The maximum atomic E-state index is 13.5. The van der Waals surface area contributed by atoms with Gasteiger partial charge in [-0.1, -0.05) is 23.9 Å². The van der Waals surface area contributed by atoms with Crippen molar-refractivity contribution in [3.63, 3.8) is 0 Å². The largest absolute Gasteiger partial charge is 0.463 e. The number of nitrogens with zero attached hydrogens (tertiary/aromatic N) is 3. The van der Waals surface area contributed by atoms with Crippen molar-refractivity contribution < 1.29 is 32.2 Å². The Morgan fingerprint density at radius 1 is 0.889 bits per heavy atom. The summed E-state index contributed by atoms with van der Waals surface area (Å²) in [6.07, 6.45) is -3.58. The highest BCUT2D eigenvalue weighted by atomic mass is 32.2. The number of benzene rings is 3. The van der Waals surface area contributed by atoms with E-state index in [1.165, 1.54) is 36.5 Å². The Labute approximate surface area is 270 Å². The number of anilines is 2. The number of alkyl halides is 3. The number of rotatable bonds is 11. The van der Waals surface area contributed by atoms with Gasteiger partial charge < -0.3 is 19.3 Å². The zero-order valence-corrected chi connectivity index (χ0v) is 26.9. The number of hydrogen-bond acceptors (Lipinski definition) is 9. The molecule has 7 nitrogen and oxygen atoms in total. The summed E-state index contributed by atoms with van der Waals surface area (Å²) in [5.74, 6) is -0.195. The SMILES string of the molecule is CC(=O)Oc1ccc(SC(C)C(=O)OCCN2CCN(CCCN3c4ccccc4Sc4ccc(C(F)(F)F)cc43)CC2)cc1. The molecule has 0 radical (unpaired) electrons. The maximum Gasteiger partial charge on any atom is 0.416 e. The molecule has 12 heteroatoms. The standard InChI is InChI=1S/C33H36F3N3O4S2/c1-23(44-27-11-9-26(10-12-27)43-24(2)40)32(41)42-21-20-38-18-16-37(17-19-38)14-5-15-39-28-6-3-4-7-30(28)45-31-13-8-25(22-29(31)39)33(34,35)36/h3-4,6-13,22-23H,5,14-21H2,1-2H3. The lowest BCUT2D eigenvalue weighted by atomic mass is 10.1. The number of fused-ring (bicyclic) bond motifs is 2. The van der Waals surface area contributed by atoms with Crippen LogP contribution in [-0.4, -0.2) is 79.4 Å². The van der Waals surface area contributed by atoms with Crippen molar-refractivity contribution in [3.8, 4) is 5.75 Å². The van der Waals surface area contributed by atoms with Crippen LogP contribution in [0, 0.1) is 0 Å². The number of hydrogen-bond donors (Lipinski definition) is 0. The highest BCUT2D eigenvalue weighted by Gasteiger charge is 2.33. The quantitative estimate of drug-likeness (QED) is 0.124. The summed E-state index contributed by atoms with van der Waals surface area (Å²) in [5.41, 5.74) is 0.921. The van der Waals surface area contributed by atoms with E-state index in [0.29, 0.717) is 31.1 Å². The number of ether oxygens (including phenoxy) is 2. The molecule has 2 aliphatic rings. The van der Waals surface area contributed by atoms with Gasteiger partial charge in [0, 0.05) is 60.9 Å². The molecule has 1 atom stereocenters. The van der Waals surface area contributed by atoms with Crippen molar-refractivity contribution in [3.05, 3.63) is 72.3 Å². The fourth-order valence-electron chi connectivity index (χ4n) is 5.33. The second-order valence-corrected chi connectivity index (χ2v) is 13.4. The lowest BCUT2D eigenvalue weighted by molar-refractivity contribution is -0.143. The third kappa shape index (κ3) is 8.96. The van der Waals surface area contributed by atoms with Gasteiger partial charge in [-0.3, -0.25) is 14.5 Å². The van der Waals surface area contributed by atoms with E-state index in [0.717, 1.165) is 65.6 Å². The fraction of sp³-hybridized carbons (Fsp3) is 0.394. The molecule has 0 saturated carbocycles. The van der Waals surface area contributed by atoms with Crippen LogP contribution in [0.5, 0.6) is 5.75 Å². The van der Waals surface area contributed by atoms with Crippen molar-refractivity contribution in [1.82, 2.24) is 9.80 Å². The van der Waals surface area contributed by atoms with E-state index in [4.69, 9.17) is 9.47 Å². The summed E-state index contributed by atoms with van der Waals surface area (Å²) in [6.45, 7) is 9.08. The molecule has 0 aliphatic carbocycles. The van der Waals surface area contributed by atoms with Crippen molar-refractivity contribution in [2.75, 3.05) is 57.3 Å². The van der Waals surface area contributed by atoms with Crippen LogP contribution < -0.4 is 9.64 Å². The lowest BCUT2D eigenvalue weighted by Gasteiger charge is -2.36. The van der Waals surface area contributed by atoms with Gasteiger partial charge in [-0.2, -0.15) is 13.2 Å². The fourth-order valence-corrected chi connectivity index (χ4v) is 7.27. The van der Waals surface area contributed by atoms with Gasteiger partial charge in [-0.15, -0.1) is 11.8 Å². The van der Waals surface area contributed by atoms with Crippen molar-refractivity contribution in [2.45, 2.75) is 46.4 Å². The van der Waals surface area contributed by atoms with Gasteiger partial charge in [0.1, 0.15) is 17.6 Å². The molecule has 0 spiro atoms. The molecule has 1 saturated heterocycles. The van der Waals surface area contributed by atoms with Gasteiger partial charge in [0.25, 0.3) is 0 Å². The molecule has 2 aliphatic heterocycles. The van der Waals surface area contributed by atoms with Crippen LogP contribution in [0.15, 0.2) is 81.4 Å². The third-order valence-electron chi connectivity index (χ3n) is 7.66. The summed E-state index contributed by atoms with van der Waals surface area (Å²) in [5, 5.41) is -0.376. The first kappa shape index (κ1) is 33.2. The summed E-state index contributed by atoms with van der Waals surface area (Å²) < 4.78 is 51.1. The molecule has 3 aromatic rings. The Morgan fingerprint density at radius 3 is 2.24 bits per heavy atom. The molecule has 5 rings (SSSR count). The minimum absolute atomic E-state index is 0.274. The van der Waals surface area contributed by atoms with E-state index in [2.05, 4.69) is 9.80 Å². The average molecular weight is 660 g/mol. The zero-order valence-electron chi connectivity index (χ0n) is 25.2. The molecule has 45 heavy (non-hydrogen) atoms. The Hall–Kier alpha value is -3.19. The lowest BCUT2D eigenvalue weighted by Crippen LogP contribution is -2.47. The molecular weight excluding hydrogens is 624 g/mol. The normalized spacial score (nSPS) is 16.1. The van der Waals surface area contributed by atoms with Gasteiger partial charge in [0.2, 0.25) is 0 Å². The van der Waals surface area contributed by atoms with Crippen LogP contribution in [-0.2, 0) is 20.5 Å². The molecule has 0 bridgehead atoms. The molecule has 0 N–H and O–H groups in total. The average Bonchev–Trinajstić information content (AvgIpc) is 3.01. The third-order valence-corrected chi connectivity index (χ3v) is 9.88. The summed E-state index contributed by atoms with van der Waals surface area (Å²) >= 11 is 2.90. The second-order valence-electron chi connectivity index (χ2n) is 10.9. The number of para-hydroxylation sites is 1. The van der Waals surface area contributed by atoms with Crippen LogP contribution >= 0.6 is 23.5 Å². The minimum atomic E-state index is -4.39. The van der Waals surface area contributed by atoms with E-state index in [-0.39, 0.29) is 17.2 Å². The number of piperazine rings is 1. The Kier molecular flexibility index (Phi) is 11.0. The molecular formula is C33H36F3N3O4S2. The number of esters is 2. The van der Waals surface area contributed by atoms with Gasteiger partial charge in [-0.05, 0) is 74.5 Å². The smallest absolute Gasteiger partial charge is 0.416 e. The summed E-state index contributed by atoms with van der Waals surface area (Å²) in [7, 11) is 0. The van der Waals surface area contributed by atoms with Crippen molar-refractivity contribution in [2.24, 2.45) is 0 Å². The van der Waals surface area contributed by atoms with Gasteiger partial charge in [0.15, 0.2) is 0 Å². The summed E-state index contributed by atoms with van der Waals surface area (Å²) in [6, 6.07) is 18.9. The van der Waals surface area contributed by atoms with Crippen molar-refractivity contribution >= 4 is 46.8 Å². The van der Waals surface area contributed by atoms with Crippen LogP contribution in [0.2, 0.25) is 0 Å². The molecule has 240 valence electrons. The Morgan fingerprint density at radius 2 is 1.56 bits per heavy atom. The first-order valence-electron chi connectivity index (χ1n) is 14.9. The van der Waals surface area contributed by atoms with E-state index in [1.807, 2.05) is 29.2 Å². The highest BCUT2D eigenvalue weighted by Crippen LogP contribution is 2.49. The van der Waals surface area contributed by atoms with Crippen molar-refractivity contribution in [1.29, 1.82) is 0 Å². The van der Waals surface area contributed by atoms with Gasteiger partial charge in [-0.25, -0.2) is 0 Å². The van der Waals surface area contributed by atoms with Gasteiger partial charge in [0.05, 0.1) is 16.9 Å². The van der Waals surface area contributed by atoms with E-state index in [1.54, 1.807) is 37.3 Å². The molecule has 0 aromatic heterocycles. The minimum Gasteiger partial charge on any atom is -0.463 e. The summed E-state index contributed by atoms with van der Waals surface area (Å²) in [4.78, 5) is 33.0. The first-order chi connectivity index (χ1) is 21.6. The van der Waals surface area contributed by atoms with Crippen LogP contribution in [0.1, 0.15) is 25.8 Å². The van der Waals surface area contributed by atoms with Crippen LogP contribution in [0.4, 0.5) is 24.5 Å². The molecule has 1 unspecified atom stereocenters. The van der Waals surface area contributed by atoms with Crippen LogP contribution in [0.25, 0.3) is 0 Å². The Balaban J connectivity index is 1.04. The Bertz CT molecular complexity index is 1480. The van der Waals surface area contributed by atoms with E-state index in [9.17, 15) is 22.8 Å². The topological polar surface area (TPSA) is 62.3 Å². The van der Waals surface area contributed by atoms with Crippen LogP contribution in [0.3, 0.4) is 0 Å². The second kappa shape index (κ2) is 14.9. The first-order valence-corrected chi connectivity index (χ1v) is 16.6. The maximum absolute atomic E-state index is 13.5. The zero-order chi connectivity index (χ0) is 32.0.